The summed E-state index contributed by atoms with van der Waals surface area (Å²) >= 11 is 0. The highest BCUT2D eigenvalue weighted by Gasteiger charge is 2.39. The van der Waals surface area contributed by atoms with Gasteiger partial charge in [0.15, 0.2) is 11.6 Å². The molecule has 150 valence electrons. The van der Waals surface area contributed by atoms with Crippen LogP contribution in [0.5, 0.6) is 0 Å². The van der Waals surface area contributed by atoms with Crippen LogP contribution in [0.1, 0.15) is 45.2 Å². The van der Waals surface area contributed by atoms with Crippen LogP contribution in [0.2, 0.25) is 0 Å². The first kappa shape index (κ1) is 20.1. The quantitative estimate of drug-likeness (QED) is 0.820. The third kappa shape index (κ3) is 4.11. The number of halogens is 2. The summed E-state index contributed by atoms with van der Waals surface area (Å²) in [5.74, 6) is -2.63. The van der Waals surface area contributed by atoms with Crippen LogP contribution < -0.4 is 10.9 Å². The molecule has 1 amide bonds. The van der Waals surface area contributed by atoms with Crippen molar-refractivity contribution in [2.24, 2.45) is 0 Å². The number of carbonyl (C=O) groups excluding carboxylic acids is 1. The van der Waals surface area contributed by atoms with E-state index in [2.05, 4.69) is 10.4 Å². The molecular weight excluding hydrogens is 368 g/mol. The van der Waals surface area contributed by atoms with E-state index in [1.54, 1.807) is 6.92 Å². The first-order valence-electron chi connectivity index (χ1n) is 9.15. The maximum Gasteiger partial charge on any atom is 0.267 e. The summed E-state index contributed by atoms with van der Waals surface area (Å²) in [7, 11) is 0. The molecule has 2 N–H and O–H groups in total. The molecule has 1 fully saturated rings. The van der Waals surface area contributed by atoms with Crippen molar-refractivity contribution >= 4 is 5.91 Å². The van der Waals surface area contributed by atoms with Gasteiger partial charge in [-0.05, 0) is 31.7 Å². The Bertz CT molecular complexity index is 962. The van der Waals surface area contributed by atoms with Crippen LogP contribution in [0.3, 0.4) is 0 Å². The summed E-state index contributed by atoms with van der Waals surface area (Å²) in [5.41, 5.74) is -0.790. The highest BCUT2D eigenvalue weighted by Crippen LogP contribution is 2.31. The Balaban J connectivity index is 1.88. The van der Waals surface area contributed by atoms with Crippen molar-refractivity contribution in [3.05, 3.63) is 51.9 Å². The zero-order valence-corrected chi connectivity index (χ0v) is 16.0. The summed E-state index contributed by atoms with van der Waals surface area (Å²) in [5, 5.41) is 16.7. The topological polar surface area (TPSA) is 84.2 Å². The second-order valence-electron chi connectivity index (χ2n) is 7.86. The summed E-state index contributed by atoms with van der Waals surface area (Å²) < 4.78 is 28.9. The number of amides is 1. The van der Waals surface area contributed by atoms with Crippen molar-refractivity contribution in [3.63, 3.8) is 0 Å². The minimum absolute atomic E-state index is 0.0402. The molecule has 3 rings (SSSR count). The van der Waals surface area contributed by atoms with Gasteiger partial charge in [-0.2, -0.15) is 5.10 Å². The molecule has 0 bridgehead atoms. The maximum atomic E-state index is 14.2. The Morgan fingerprint density at radius 1 is 1.36 bits per heavy atom. The number of aromatic nitrogens is 2. The molecule has 0 radical (unpaired) electrons. The van der Waals surface area contributed by atoms with E-state index in [1.807, 2.05) is 13.8 Å². The number of hydrogen-bond donors (Lipinski definition) is 2. The number of rotatable bonds is 5. The fourth-order valence-corrected chi connectivity index (χ4v) is 3.49. The SMILES string of the molecule is CC(C)c1nn(CC(=O)NC2CC(C)(O)C2)c(=O)cc1-c1cccc(F)c1F. The second kappa shape index (κ2) is 7.43. The largest absolute Gasteiger partial charge is 0.390 e. The van der Waals surface area contributed by atoms with E-state index in [9.17, 15) is 23.5 Å². The van der Waals surface area contributed by atoms with Crippen molar-refractivity contribution in [1.82, 2.24) is 15.1 Å². The number of nitrogens with one attached hydrogen (secondary N) is 1. The Labute approximate surface area is 161 Å². The van der Waals surface area contributed by atoms with Gasteiger partial charge in [-0.15, -0.1) is 0 Å². The Morgan fingerprint density at radius 3 is 2.64 bits per heavy atom. The van der Waals surface area contributed by atoms with Gasteiger partial charge in [0.05, 0.1) is 11.3 Å². The molecule has 8 heteroatoms. The summed E-state index contributed by atoms with van der Waals surface area (Å²) in [6, 6.07) is 4.81. The predicted molar refractivity (Wildman–Crippen MR) is 99.7 cm³/mol. The monoisotopic (exact) mass is 391 g/mol. The van der Waals surface area contributed by atoms with E-state index in [0.29, 0.717) is 18.5 Å². The summed E-state index contributed by atoms with van der Waals surface area (Å²) in [6.45, 7) is 5.03. The molecule has 1 aliphatic rings. The first-order valence-corrected chi connectivity index (χ1v) is 9.15. The minimum Gasteiger partial charge on any atom is -0.390 e. The molecule has 0 spiro atoms. The van der Waals surface area contributed by atoms with Gasteiger partial charge in [0.25, 0.3) is 5.56 Å². The van der Waals surface area contributed by atoms with Crippen LogP contribution in [-0.4, -0.2) is 32.4 Å². The number of hydrogen-bond acceptors (Lipinski definition) is 4. The normalized spacial score (nSPS) is 21.5. The number of carbonyl (C=O) groups is 1. The Hall–Kier alpha value is -2.61. The van der Waals surface area contributed by atoms with Crippen molar-refractivity contribution in [1.29, 1.82) is 0 Å². The molecule has 6 nitrogen and oxygen atoms in total. The Morgan fingerprint density at radius 2 is 2.04 bits per heavy atom. The zero-order valence-electron chi connectivity index (χ0n) is 16.0. The number of aliphatic hydroxyl groups is 1. The van der Waals surface area contributed by atoms with Gasteiger partial charge in [-0.3, -0.25) is 9.59 Å². The molecule has 2 aromatic rings. The molecule has 28 heavy (non-hydrogen) atoms. The van der Waals surface area contributed by atoms with Crippen LogP contribution in [0.25, 0.3) is 11.1 Å². The molecule has 1 saturated carbocycles. The predicted octanol–water partition coefficient (Wildman–Crippen LogP) is 2.34. The molecule has 0 atom stereocenters. The van der Waals surface area contributed by atoms with Gasteiger partial charge < -0.3 is 10.4 Å². The molecule has 1 heterocycles. The van der Waals surface area contributed by atoms with Crippen molar-refractivity contribution < 1.29 is 18.7 Å². The van der Waals surface area contributed by atoms with Gasteiger partial charge in [-0.25, -0.2) is 13.5 Å². The fourth-order valence-electron chi connectivity index (χ4n) is 3.49. The van der Waals surface area contributed by atoms with Crippen LogP contribution >= 0.6 is 0 Å². The van der Waals surface area contributed by atoms with Crippen LogP contribution in [0, 0.1) is 11.6 Å². The van der Waals surface area contributed by atoms with Gasteiger partial charge in [0, 0.05) is 23.2 Å². The van der Waals surface area contributed by atoms with E-state index >= 15 is 0 Å². The van der Waals surface area contributed by atoms with Crippen molar-refractivity contribution in [2.75, 3.05) is 0 Å². The third-order valence-electron chi connectivity index (χ3n) is 4.85. The summed E-state index contributed by atoms with van der Waals surface area (Å²) in [4.78, 5) is 24.7. The lowest BCUT2D eigenvalue weighted by Crippen LogP contribution is -2.54. The standard InChI is InChI=1S/C20H23F2N3O3/c1-11(2)19-14(13-5-4-6-15(21)18(13)22)7-17(27)25(24-19)10-16(26)23-12-8-20(3,28)9-12/h4-7,11-12,28H,8-10H2,1-3H3,(H,23,26). The zero-order chi connectivity index (χ0) is 20.6. The van der Waals surface area contributed by atoms with E-state index < -0.39 is 28.7 Å². The first-order chi connectivity index (χ1) is 13.1. The highest BCUT2D eigenvalue weighted by molar-refractivity contribution is 5.76. The van der Waals surface area contributed by atoms with Gasteiger partial charge in [0.1, 0.15) is 6.54 Å². The fraction of sp³-hybridized carbons (Fsp3) is 0.450. The van der Waals surface area contributed by atoms with E-state index in [4.69, 9.17) is 0 Å². The van der Waals surface area contributed by atoms with Gasteiger partial charge in [-0.1, -0.05) is 26.0 Å². The van der Waals surface area contributed by atoms with Crippen molar-refractivity contribution in [2.45, 2.75) is 57.7 Å². The molecule has 0 saturated heterocycles. The highest BCUT2D eigenvalue weighted by atomic mass is 19.2. The molecule has 1 aromatic carbocycles. The van der Waals surface area contributed by atoms with Crippen LogP contribution in [-0.2, 0) is 11.3 Å². The molecule has 0 aliphatic heterocycles. The molecular formula is C20H23F2N3O3. The minimum atomic E-state index is -1.04. The van der Waals surface area contributed by atoms with E-state index in [1.165, 1.54) is 18.2 Å². The lowest BCUT2D eigenvalue weighted by Gasteiger charge is -2.41. The number of benzene rings is 1. The van der Waals surface area contributed by atoms with Gasteiger partial charge in [0.2, 0.25) is 5.91 Å². The average molecular weight is 391 g/mol. The van der Waals surface area contributed by atoms with Crippen LogP contribution in [0.4, 0.5) is 8.78 Å². The van der Waals surface area contributed by atoms with Crippen molar-refractivity contribution in [3.8, 4) is 11.1 Å². The van der Waals surface area contributed by atoms with E-state index in [0.717, 1.165) is 10.7 Å². The van der Waals surface area contributed by atoms with Crippen LogP contribution in [0.15, 0.2) is 29.1 Å². The molecule has 1 aromatic heterocycles. The smallest absolute Gasteiger partial charge is 0.267 e. The molecule has 1 aliphatic carbocycles. The summed E-state index contributed by atoms with van der Waals surface area (Å²) in [6.07, 6.45) is 0.909. The lowest BCUT2D eigenvalue weighted by atomic mass is 9.77. The Kier molecular flexibility index (Phi) is 5.34. The van der Waals surface area contributed by atoms with E-state index in [-0.39, 0.29) is 29.6 Å². The average Bonchev–Trinajstić information content (AvgIpc) is 2.57. The third-order valence-corrected chi connectivity index (χ3v) is 4.85. The lowest BCUT2D eigenvalue weighted by molar-refractivity contribution is -0.125. The number of nitrogens with zero attached hydrogens (tertiary/aromatic N) is 2. The van der Waals surface area contributed by atoms with Gasteiger partial charge >= 0.3 is 0 Å². The maximum absolute atomic E-state index is 14.2. The second-order valence-corrected chi connectivity index (χ2v) is 7.86. The molecule has 0 unspecified atom stereocenters.